The number of fused-ring (bicyclic) bond motifs is 1. The standard InChI is InChI=1S/C22H30N2O6/c1-22(2,3)30-21(27)23-15-7-9-17(29-13-15)12-20(26)24-18-11-16(28-4)8-5-14(18)6-10-19(24)25/h5-6,8,10-11,15,17,20,26H,7,9,12-13H2,1-4H3,(H,23,27). The Morgan fingerprint density at radius 3 is 2.67 bits per heavy atom. The van der Waals surface area contributed by atoms with E-state index in [0.29, 0.717) is 30.7 Å². The molecule has 0 spiro atoms. The molecule has 3 rings (SSSR count). The number of aromatic nitrogens is 1. The van der Waals surface area contributed by atoms with Gasteiger partial charge in [-0.15, -0.1) is 0 Å². The Labute approximate surface area is 175 Å². The molecule has 0 aliphatic carbocycles. The summed E-state index contributed by atoms with van der Waals surface area (Å²) in [5.74, 6) is 0.610. The lowest BCUT2D eigenvalue weighted by Crippen LogP contribution is -2.45. The number of alkyl carbamates (subject to hydrolysis) is 1. The van der Waals surface area contributed by atoms with E-state index < -0.39 is 17.9 Å². The maximum absolute atomic E-state index is 12.5. The third-order valence-electron chi connectivity index (χ3n) is 5.00. The SMILES string of the molecule is COc1ccc2ccc(=O)n(C(O)CC3CCC(NC(=O)OC(C)(C)C)CO3)c2c1. The minimum absolute atomic E-state index is 0.141. The summed E-state index contributed by atoms with van der Waals surface area (Å²) in [7, 11) is 1.56. The van der Waals surface area contributed by atoms with Gasteiger partial charge in [0.15, 0.2) is 0 Å². The van der Waals surface area contributed by atoms with Crippen LogP contribution in [0.2, 0.25) is 0 Å². The molecule has 30 heavy (non-hydrogen) atoms. The molecule has 3 unspecified atom stereocenters. The number of aliphatic hydroxyl groups excluding tert-OH is 1. The van der Waals surface area contributed by atoms with E-state index in [4.69, 9.17) is 14.2 Å². The number of benzene rings is 1. The monoisotopic (exact) mass is 418 g/mol. The smallest absolute Gasteiger partial charge is 0.407 e. The maximum Gasteiger partial charge on any atom is 0.407 e. The minimum Gasteiger partial charge on any atom is -0.497 e. The quantitative estimate of drug-likeness (QED) is 0.775. The molecule has 0 bridgehead atoms. The van der Waals surface area contributed by atoms with Crippen molar-refractivity contribution in [3.63, 3.8) is 0 Å². The fraction of sp³-hybridized carbons (Fsp3) is 0.545. The zero-order chi connectivity index (χ0) is 21.9. The van der Waals surface area contributed by atoms with E-state index >= 15 is 0 Å². The topological polar surface area (TPSA) is 99.0 Å². The number of nitrogens with one attached hydrogen (secondary N) is 1. The van der Waals surface area contributed by atoms with Gasteiger partial charge in [0.1, 0.15) is 17.6 Å². The second-order valence-corrected chi connectivity index (χ2v) is 8.56. The summed E-state index contributed by atoms with van der Waals surface area (Å²) in [6.07, 6.45) is -0.0890. The second kappa shape index (κ2) is 9.06. The first-order valence-electron chi connectivity index (χ1n) is 10.1. The van der Waals surface area contributed by atoms with Gasteiger partial charge in [0.2, 0.25) is 0 Å². The molecule has 2 aromatic rings. The van der Waals surface area contributed by atoms with E-state index in [9.17, 15) is 14.7 Å². The summed E-state index contributed by atoms with van der Waals surface area (Å²) < 4.78 is 17.7. The number of nitrogens with zero attached hydrogens (tertiary/aromatic N) is 1. The van der Waals surface area contributed by atoms with Crippen LogP contribution in [0.5, 0.6) is 5.75 Å². The molecule has 1 amide bonds. The molecule has 164 valence electrons. The summed E-state index contributed by atoms with van der Waals surface area (Å²) in [6.45, 7) is 5.76. The number of aliphatic hydroxyl groups is 1. The molecule has 1 aliphatic heterocycles. The van der Waals surface area contributed by atoms with Crippen molar-refractivity contribution in [1.29, 1.82) is 0 Å². The molecule has 0 saturated carbocycles. The fourth-order valence-corrected chi connectivity index (χ4v) is 3.59. The molecule has 2 N–H and O–H groups in total. The lowest BCUT2D eigenvalue weighted by molar-refractivity contribution is -0.0448. The van der Waals surface area contributed by atoms with Crippen LogP contribution in [-0.2, 0) is 9.47 Å². The molecule has 8 heteroatoms. The number of hydrogen-bond acceptors (Lipinski definition) is 6. The van der Waals surface area contributed by atoms with Crippen molar-refractivity contribution in [2.45, 2.75) is 64.0 Å². The van der Waals surface area contributed by atoms with Gasteiger partial charge in [-0.05, 0) is 57.2 Å². The lowest BCUT2D eigenvalue weighted by Gasteiger charge is -2.31. The van der Waals surface area contributed by atoms with Gasteiger partial charge in [0, 0.05) is 18.6 Å². The molecule has 2 heterocycles. The second-order valence-electron chi connectivity index (χ2n) is 8.56. The summed E-state index contributed by atoms with van der Waals surface area (Å²) in [4.78, 5) is 24.4. The molecular weight excluding hydrogens is 388 g/mol. The minimum atomic E-state index is -1.03. The van der Waals surface area contributed by atoms with Crippen LogP contribution in [-0.4, -0.2) is 47.2 Å². The predicted molar refractivity (Wildman–Crippen MR) is 113 cm³/mol. The number of pyridine rings is 1. The molecule has 0 radical (unpaired) electrons. The van der Waals surface area contributed by atoms with Crippen molar-refractivity contribution in [3.05, 3.63) is 40.7 Å². The first kappa shape index (κ1) is 22.1. The van der Waals surface area contributed by atoms with Gasteiger partial charge in [-0.1, -0.05) is 0 Å². The molecule has 3 atom stereocenters. The van der Waals surface area contributed by atoms with Crippen molar-refractivity contribution in [2.75, 3.05) is 13.7 Å². The van der Waals surface area contributed by atoms with Gasteiger partial charge in [-0.2, -0.15) is 0 Å². The third-order valence-corrected chi connectivity index (χ3v) is 5.00. The average molecular weight is 418 g/mol. The van der Waals surface area contributed by atoms with Gasteiger partial charge in [-0.25, -0.2) is 4.79 Å². The molecule has 1 aliphatic rings. The predicted octanol–water partition coefficient (Wildman–Crippen LogP) is 2.96. The van der Waals surface area contributed by atoms with Gasteiger partial charge in [0.05, 0.1) is 31.4 Å². The van der Waals surface area contributed by atoms with E-state index in [-0.39, 0.29) is 24.1 Å². The largest absolute Gasteiger partial charge is 0.497 e. The van der Waals surface area contributed by atoms with Crippen molar-refractivity contribution >= 4 is 17.0 Å². The van der Waals surface area contributed by atoms with E-state index in [1.807, 2.05) is 32.9 Å². The molecule has 1 saturated heterocycles. The van der Waals surface area contributed by atoms with Crippen molar-refractivity contribution in [3.8, 4) is 5.75 Å². The van der Waals surface area contributed by atoms with Crippen LogP contribution in [0.3, 0.4) is 0 Å². The number of amides is 1. The number of carbonyl (C=O) groups is 1. The highest BCUT2D eigenvalue weighted by molar-refractivity contribution is 5.80. The van der Waals surface area contributed by atoms with E-state index in [0.717, 1.165) is 5.39 Å². The Hall–Kier alpha value is -2.58. The highest BCUT2D eigenvalue weighted by Crippen LogP contribution is 2.25. The van der Waals surface area contributed by atoms with Gasteiger partial charge in [-0.3, -0.25) is 9.36 Å². The summed E-state index contributed by atoms with van der Waals surface area (Å²) in [5, 5.41) is 14.4. The van der Waals surface area contributed by atoms with Crippen LogP contribution >= 0.6 is 0 Å². The first-order chi connectivity index (χ1) is 14.2. The lowest BCUT2D eigenvalue weighted by atomic mass is 10.0. The summed E-state index contributed by atoms with van der Waals surface area (Å²) >= 11 is 0. The Bertz CT molecular complexity index is 941. The average Bonchev–Trinajstić information content (AvgIpc) is 2.67. The molecule has 1 aromatic carbocycles. The Morgan fingerprint density at radius 2 is 2.03 bits per heavy atom. The van der Waals surface area contributed by atoms with E-state index in [1.54, 1.807) is 19.2 Å². The van der Waals surface area contributed by atoms with Crippen LogP contribution in [0.4, 0.5) is 4.79 Å². The zero-order valence-electron chi connectivity index (χ0n) is 17.9. The third kappa shape index (κ3) is 5.52. The number of rotatable bonds is 5. The van der Waals surface area contributed by atoms with Crippen LogP contribution in [0.15, 0.2) is 35.1 Å². The van der Waals surface area contributed by atoms with Crippen LogP contribution in [0.1, 0.15) is 46.3 Å². The Balaban J connectivity index is 1.63. The number of ether oxygens (including phenoxy) is 3. The van der Waals surface area contributed by atoms with Crippen LogP contribution in [0.25, 0.3) is 10.9 Å². The van der Waals surface area contributed by atoms with Crippen molar-refractivity contribution in [1.82, 2.24) is 9.88 Å². The van der Waals surface area contributed by atoms with E-state index in [1.165, 1.54) is 10.6 Å². The van der Waals surface area contributed by atoms with Crippen LogP contribution in [0, 0.1) is 0 Å². The molecule has 8 nitrogen and oxygen atoms in total. The van der Waals surface area contributed by atoms with E-state index in [2.05, 4.69) is 5.32 Å². The zero-order valence-corrected chi connectivity index (χ0v) is 17.9. The van der Waals surface area contributed by atoms with Gasteiger partial charge < -0.3 is 24.6 Å². The van der Waals surface area contributed by atoms with Crippen LogP contribution < -0.4 is 15.6 Å². The number of methoxy groups -OCH3 is 1. The summed E-state index contributed by atoms with van der Waals surface area (Å²) in [6, 6.07) is 8.43. The number of hydrogen-bond donors (Lipinski definition) is 2. The molecule has 1 aromatic heterocycles. The van der Waals surface area contributed by atoms with Crippen molar-refractivity contribution < 1.29 is 24.1 Å². The fourth-order valence-electron chi connectivity index (χ4n) is 3.59. The van der Waals surface area contributed by atoms with Gasteiger partial charge in [0.25, 0.3) is 5.56 Å². The maximum atomic E-state index is 12.5. The summed E-state index contributed by atoms with van der Waals surface area (Å²) in [5.41, 5.74) is -0.237. The highest BCUT2D eigenvalue weighted by atomic mass is 16.6. The Kier molecular flexibility index (Phi) is 6.67. The number of carbonyl (C=O) groups excluding carboxylic acids is 1. The normalized spacial score (nSPS) is 20.6. The van der Waals surface area contributed by atoms with Crippen molar-refractivity contribution in [2.24, 2.45) is 0 Å². The Morgan fingerprint density at radius 1 is 1.30 bits per heavy atom. The van der Waals surface area contributed by atoms with Gasteiger partial charge >= 0.3 is 6.09 Å². The molecular formula is C22H30N2O6. The molecule has 1 fully saturated rings. The first-order valence-corrected chi connectivity index (χ1v) is 10.1. The highest BCUT2D eigenvalue weighted by Gasteiger charge is 2.27.